The summed E-state index contributed by atoms with van der Waals surface area (Å²) in [6.07, 6.45) is -7.96. The zero-order chi connectivity index (χ0) is 29.5. The molecule has 0 unspecified atom stereocenters. The van der Waals surface area contributed by atoms with Crippen LogP contribution >= 0.6 is 11.6 Å². The fourth-order valence-corrected chi connectivity index (χ4v) is 5.12. The first-order chi connectivity index (χ1) is 19.3. The molecule has 1 aliphatic heterocycles. The maximum atomic E-state index is 13.9. The van der Waals surface area contributed by atoms with Gasteiger partial charge in [0.05, 0.1) is 29.8 Å². The number of rotatable bonds is 5. The van der Waals surface area contributed by atoms with Gasteiger partial charge < -0.3 is 10.0 Å². The van der Waals surface area contributed by atoms with E-state index in [0.29, 0.717) is 28.3 Å². The molecule has 0 saturated carbocycles. The predicted octanol–water partition coefficient (Wildman–Crippen LogP) is 6.03. The first kappa shape index (κ1) is 28.6. The summed E-state index contributed by atoms with van der Waals surface area (Å²) in [6.45, 7) is -0.414. The van der Waals surface area contributed by atoms with E-state index in [1.807, 2.05) is 0 Å². The first-order valence-corrected chi connectivity index (χ1v) is 12.6. The number of benzene rings is 2. The summed E-state index contributed by atoms with van der Waals surface area (Å²) in [4.78, 5) is 19.2. The van der Waals surface area contributed by atoms with Gasteiger partial charge in [-0.1, -0.05) is 35.0 Å². The number of hydrogen-bond donors (Lipinski definition) is 1. The Morgan fingerprint density at radius 1 is 0.976 bits per heavy atom. The number of pyridine rings is 1. The van der Waals surface area contributed by atoms with E-state index in [1.165, 1.54) is 29.4 Å². The minimum Gasteiger partial charge on any atom is -0.391 e. The summed E-state index contributed by atoms with van der Waals surface area (Å²) < 4.78 is 81.8. The standard InChI is InChI=1S/C27H20ClF6N5O2/c28-20-4-2-1-3-19(20)24-21(40)7-10-38(24)25(41)22-23(16-5-8-35-9-6-16)39(37-36-22)14-15-11-17(26(29,30)31)13-18(12-15)27(32,33)34/h1-6,8-9,11-13,21,24,40H,7,10,14H2/t21-,24+/m1/s1. The molecule has 3 heterocycles. The number of aromatic nitrogens is 4. The van der Waals surface area contributed by atoms with E-state index in [2.05, 4.69) is 15.3 Å². The number of amides is 1. The van der Waals surface area contributed by atoms with E-state index >= 15 is 0 Å². The van der Waals surface area contributed by atoms with Crippen LogP contribution in [0.25, 0.3) is 11.3 Å². The van der Waals surface area contributed by atoms with Crippen molar-refractivity contribution in [3.05, 3.63) is 100.0 Å². The number of carbonyl (C=O) groups is 1. The van der Waals surface area contributed by atoms with Crippen LogP contribution in [0.15, 0.2) is 67.0 Å². The van der Waals surface area contributed by atoms with Gasteiger partial charge in [0.1, 0.15) is 5.69 Å². The summed E-state index contributed by atoms with van der Waals surface area (Å²) in [7, 11) is 0. The van der Waals surface area contributed by atoms with Crippen LogP contribution in [0.4, 0.5) is 26.3 Å². The van der Waals surface area contributed by atoms with Crippen molar-refractivity contribution in [1.82, 2.24) is 24.9 Å². The lowest BCUT2D eigenvalue weighted by Crippen LogP contribution is -2.34. The number of hydrogen-bond acceptors (Lipinski definition) is 5. The molecule has 1 fully saturated rings. The molecule has 2 atom stereocenters. The summed E-state index contributed by atoms with van der Waals surface area (Å²) >= 11 is 6.35. The third kappa shape index (κ3) is 5.77. The van der Waals surface area contributed by atoms with Crippen molar-refractivity contribution in [2.45, 2.75) is 37.5 Å². The molecule has 1 N–H and O–H groups in total. The molecular weight excluding hydrogens is 576 g/mol. The second-order valence-corrected chi connectivity index (χ2v) is 9.82. The lowest BCUT2D eigenvalue weighted by atomic mass is 10.0. The Labute approximate surface area is 234 Å². The predicted molar refractivity (Wildman–Crippen MR) is 135 cm³/mol. The molecule has 5 rings (SSSR count). The average Bonchev–Trinajstić information content (AvgIpc) is 3.51. The van der Waals surface area contributed by atoms with Crippen LogP contribution in [0, 0.1) is 0 Å². The highest BCUT2D eigenvalue weighted by atomic mass is 35.5. The quantitative estimate of drug-likeness (QED) is 0.285. The number of alkyl halides is 6. The molecule has 2 aromatic carbocycles. The molecular formula is C27H20ClF6N5O2. The fourth-order valence-electron chi connectivity index (χ4n) is 4.88. The van der Waals surface area contributed by atoms with Gasteiger partial charge in [0, 0.05) is 29.5 Å². The van der Waals surface area contributed by atoms with Gasteiger partial charge in [-0.25, -0.2) is 4.68 Å². The Morgan fingerprint density at radius 3 is 2.22 bits per heavy atom. The molecule has 0 spiro atoms. The van der Waals surface area contributed by atoms with Gasteiger partial charge in [0.2, 0.25) is 0 Å². The lowest BCUT2D eigenvalue weighted by Gasteiger charge is -2.27. The van der Waals surface area contributed by atoms with E-state index in [-0.39, 0.29) is 36.0 Å². The van der Waals surface area contributed by atoms with Gasteiger partial charge in [-0.05, 0) is 53.9 Å². The van der Waals surface area contributed by atoms with Crippen molar-refractivity contribution in [2.24, 2.45) is 0 Å². The number of aliphatic hydroxyl groups is 1. The van der Waals surface area contributed by atoms with Crippen molar-refractivity contribution in [2.75, 3.05) is 6.54 Å². The number of likely N-dealkylation sites (tertiary alicyclic amines) is 1. The van der Waals surface area contributed by atoms with Gasteiger partial charge in [-0.15, -0.1) is 5.10 Å². The van der Waals surface area contributed by atoms with Gasteiger partial charge in [-0.2, -0.15) is 26.3 Å². The van der Waals surface area contributed by atoms with Gasteiger partial charge in [0.15, 0.2) is 5.69 Å². The van der Waals surface area contributed by atoms with E-state index in [0.717, 1.165) is 4.68 Å². The fraction of sp³-hybridized carbons (Fsp3) is 0.259. The molecule has 1 saturated heterocycles. The zero-order valence-electron chi connectivity index (χ0n) is 20.9. The second-order valence-electron chi connectivity index (χ2n) is 9.42. The molecule has 7 nitrogen and oxygen atoms in total. The molecule has 0 bridgehead atoms. The van der Waals surface area contributed by atoms with Crippen LogP contribution in [0.1, 0.15) is 45.2 Å². The number of nitrogens with zero attached hydrogens (tertiary/aromatic N) is 5. The van der Waals surface area contributed by atoms with Crippen LogP contribution in [0.2, 0.25) is 5.02 Å². The third-order valence-corrected chi connectivity index (χ3v) is 7.07. The summed E-state index contributed by atoms with van der Waals surface area (Å²) in [5, 5.41) is 19.0. The Balaban J connectivity index is 1.59. The minimum absolute atomic E-state index is 0.0388. The highest BCUT2D eigenvalue weighted by Gasteiger charge is 2.41. The topological polar surface area (TPSA) is 84.1 Å². The highest BCUT2D eigenvalue weighted by molar-refractivity contribution is 6.31. The van der Waals surface area contributed by atoms with E-state index in [9.17, 15) is 36.2 Å². The lowest BCUT2D eigenvalue weighted by molar-refractivity contribution is -0.143. The zero-order valence-corrected chi connectivity index (χ0v) is 21.6. The average molecular weight is 596 g/mol. The Morgan fingerprint density at radius 2 is 1.61 bits per heavy atom. The molecule has 0 aliphatic carbocycles. The molecule has 4 aromatic rings. The second kappa shape index (κ2) is 10.8. The van der Waals surface area contributed by atoms with Crippen molar-refractivity contribution in [3.8, 4) is 11.3 Å². The number of halogens is 7. The van der Waals surface area contributed by atoms with Crippen LogP contribution in [0.3, 0.4) is 0 Å². The smallest absolute Gasteiger partial charge is 0.391 e. The van der Waals surface area contributed by atoms with Gasteiger partial charge in [0.25, 0.3) is 5.91 Å². The molecule has 0 radical (unpaired) electrons. The highest BCUT2D eigenvalue weighted by Crippen LogP contribution is 2.39. The summed E-state index contributed by atoms with van der Waals surface area (Å²) in [5.41, 5.74) is -2.58. The van der Waals surface area contributed by atoms with Crippen LogP contribution in [-0.4, -0.2) is 48.5 Å². The Kier molecular flexibility index (Phi) is 7.51. The van der Waals surface area contributed by atoms with E-state index in [1.54, 1.807) is 24.3 Å². The van der Waals surface area contributed by atoms with E-state index in [4.69, 9.17) is 11.6 Å². The van der Waals surface area contributed by atoms with Gasteiger partial charge in [-0.3, -0.25) is 9.78 Å². The molecule has 2 aromatic heterocycles. The number of carbonyl (C=O) groups excluding carboxylic acids is 1. The van der Waals surface area contributed by atoms with Crippen LogP contribution < -0.4 is 0 Å². The molecule has 214 valence electrons. The maximum absolute atomic E-state index is 13.9. The molecule has 1 amide bonds. The largest absolute Gasteiger partial charge is 0.416 e. The Hall–Kier alpha value is -3.97. The minimum atomic E-state index is -5.03. The van der Waals surface area contributed by atoms with Crippen LogP contribution in [0.5, 0.6) is 0 Å². The normalized spacial score (nSPS) is 17.7. The van der Waals surface area contributed by atoms with E-state index < -0.39 is 48.1 Å². The maximum Gasteiger partial charge on any atom is 0.416 e. The number of aliphatic hydroxyl groups excluding tert-OH is 1. The summed E-state index contributed by atoms with van der Waals surface area (Å²) in [5.74, 6) is -0.649. The Bertz CT molecular complexity index is 1540. The van der Waals surface area contributed by atoms with Gasteiger partial charge >= 0.3 is 12.4 Å². The molecule has 14 heteroatoms. The SMILES string of the molecule is O=C(c1nnn(Cc2cc(C(F)(F)F)cc(C(F)(F)F)c2)c1-c1ccncc1)N1CC[C@@H](O)[C@@H]1c1ccccc1Cl. The summed E-state index contributed by atoms with van der Waals surface area (Å²) in [6, 6.07) is 10.1. The third-order valence-electron chi connectivity index (χ3n) is 6.72. The molecule has 41 heavy (non-hydrogen) atoms. The molecule has 1 aliphatic rings. The first-order valence-electron chi connectivity index (χ1n) is 12.2. The van der Waals surface area contributed by atoms with Crippen molar-refractivity contribution in [1.29, 1.82) is 0 Å². The monoisotopic (exact) mass is 595 g/mol. The van der Waals surface area contributed by atoms with Crippen LogP contribution in [-0.2, 0) is 18.9 Å². The van der Waals surface area contributed by atoms with Crippen molar-refractivity contribution < 1.29 is 36.2 Å². The van der Waals surface area contributed by atoms with Crippen molar-refractivity contribution in [3.63, 3.8) is 0 Å². The van der Waals surface area contributed by atoms with Crippen molar-refractivity contribution >= 4 is 17.5 Å².